The first-order chi connectivity index (χ1) is 11.9. The van der Waals surface area contributed by atoms with Gasteiger partial charge in [0.15, 0.2) is 0 Å². The Hall–Kier alpha value is -1.45. The summed E-state index contributed by atoms with van der Waals surface area (Å²) < 4.78 is 0. The lowest BCUT2D eigenvalue weighted by molar-refractivity contribution is 0.752. The van der Waals surface area contributed by atoms with Crippen molar-refractivity contribution in [1.29, 1.82) is 0 Å². The minimum absolute atomic E-state index is 0.647. The maximum absolute atomic E-state index is 4.82. The molecule has 0 fully saturated rings. The molecule has 2 rings (SSSR count). The zero-order valence-electron chi connectivity index (χ0n) is 15.7. The molecule has 0 spiro atoms. The fourth-order valence-electron chi connectivity index (χ4n) is 2.21. The maximum Gasteiger partial charge on any atom is 0.0972 e. The lowest BCUT2D eigenvalue weighted by atomic mass is 10.2. The normalized spacial score (nSPS) is 12.3. The molecule has 0 aliphatic rings. The Balaban J connectivity index is 2.12. The summed E-state index contributed by atoms with van der Waals surface area (Å²) in [5.74, 6) is 1.72. The number of hydrogen-bond acceptors (Lipinski definition) is 3. The minimum Gasteiger partial charge on any atom is -0.242 e. The Labute approximate surface area is 161 Å². The van der Waals surface area contributed by atoms with E-state index >= 15 is 0 Å². The molecule has 0 atom stereocenters. The van der Waals surface area contributed by atoms with E-state index < -0.39 is 0 Å². The fourth-order valence-corrected chi connectivity index (χ4v) is 3.87. The molecule has 0 bridgehead atoms. The Bertz CT molecular complexity index is 743. The van der Waals surface area contributed by atoms with Crippen molar-refractivity contribution >= 4 is 34.3 Å². The van der Waals surface area contributed by atoms with Crippen LogP contribution in [0.2, 0.25) is 0 Å². The number of aliphatic imine (C=N–C) groups is 1. The molecule has 0 N–H and O–H groups in total. The fraction of sp³-hybridized carbons (Fsp3) is 0.318. The minimum atomic E-state index is 0.647. The van der Waals surface area contributed by atoms with Crippen LogP contribution in [-0.4, -0.2) is 10.8 Å². The van der Waals surface area contributed by atoms with Gasteiger partial charge in [-0.1, -0.05) is 61.0 Å². The van der Waals surface area contributed by atoms with Gasteiger partial charge in [-0.3, -0.25) is 0 Å². The van der Waals surface area contributed by atoms with Crippen LogP contribution in [0.15, 0.2) is 63.8 Å². The van der Waals surface area contributed by atoms with E-state index in [9.17, 15) is 0 Å². The largest absolute Gasteiger partial charge is 0.242 e. The van der Waals surface area contributed by atoms with Crippen LogP contribution in [0.1, 0.15) is 30.5 Å². The summed E-state index contributed by atoms with van der Waals surface area (Å²) in [6.07, 6.45) is 2.14. The van der Waals surface area contributed by atoms with Gasteiger partial charge >= 0.3 is 0 Å². The first kappa shape index (κ1) is 19.9. The van der Waals surface area contributed by atoms with Gasteiger partial charge in [0.2, 0.25) is 0 Å². The van der Waals surface area contributed by atoms with Gasteiger partial charge in [0.05, 0.1) is 10.7 Å². The first-order valence-corrected chi connectivity index (χ1v) is 10.5. The van der Waals surface area contributed by atoms with Crippen molar-refractivity contribution in [3.8, 4) is 0 Å². The van der Waals surface area contributed by atoms with E-state index in [0.29, 0.717) is 5.92 Å². The molecule has 3 heteroatoms. The number of nitrogens with zero attached hydrogens (tertiary/aromatic N) is 1. The third-order valence-electron chi connectivity index (χ3n) is 3.57. The lowest BCUT2D eigenvalue weighted by Crippen LogP contribution is -1.95. The predicted molar refractivity (Wildman–Crippen MR) is 116 cm³/mol. The molecule has 0 aliphatic carbocycles. The quantitative estimate of drug-likeness (QED) is 0.300. The van der Waals surface area contributed by atoms with E-state index in [2.05, 4.69) is 88.6 Å². The molecule has 2 aromatic carbocycles. The van der Waals surface area contributed by atoms with Gasteiger partial charge in [-0.15, -0.1) is 11.8 Å². The summed E-state index contributed by atoms with van der Waals surface area (Å²) in [7, 11) is 0. The molecular weight excluding hydrogens is 342 g/mol. The molecule has 0 saturated carbocycles. The molecule has 2 aromatic rings. The van der Waals surface area contributed by atoms with Crippen LogP contribution in [0.4, 0.5) is 5.69 Å². The van der Waals surface area contributed by atoms with Crippen LogP contribution in [0, 0.1) is 26.7 Å². The summed E-state index contributed by atoms with van der Waals surface area (Å²) in [6, 6.07) is 15.0. The maximum atomic E-state index is 4.82. The number of thioether (sulfide) groups is 2. The van der Waals surface area contributed by atoms with Crippen molar-refractivity contribution in [3.63, 3.8) is 0 Å². The SMILES string of the molecule is Cc1ccc(N=C(C=CSc2ccc(C)cc2C)SCC(C)C)cc1. The standard InChI is InChI=1S/C22H27NS2/c1-16(2)15-25-22(23-20-9-6-17(3)7-10-20)12-13-24-21-11-8-18(4)14-19(21)5/h6-14,16H,15H2,1-5H3. The zero-order valence-corrected chi connectivity index (χ0v) is 17.4. The zero-order chi connectivity index (χ0) is 18.2. The van der Waals surface area contributed by atoms with Crippen molar-refractivity contribution in [2.75, 3.05) is 5.75 Å². The Morgan fingerprint density at radius 2 is 1.68 bits per heavy atom. The molecule has 0 radical (unpaired) electrons. The Morgan fingerprint density at radius 1 is 1.00 bits per heavy atom. The van der Waals surface area contributed by atoms with Crippen LogP contribution in [0.25, 0.3) is 0 Å². The van der Waals surface area contributed by atoms with E-state index in [-0.39, 0.29) is 0 Å². The second-order valence-electron chi connectivity index (χ2n) is 6.68. The molecule has 0 aromatic heterocycles. The Kier molecular flexibility index (Phi) is 7.86. The average molecular weight is 370 g/mol. The number of benzene rings is 2. The van der Waals surface area contributed by atoms with Crippen LogP contribution in [0.5, 0.6) is 0 Å². The van der Waals surface area contributed by atoms with Gasteiger partial charge in [-0.2, -0.15) is 0 Å². The van der Waals surface area contributed by atoms with Gasteiger partial charge in [-0.05, 0) is 61.9 Å². The summed E-state index contributed by atoms with van der Waals surface area (Å²) in [5, 5.41) is 3.22. The van der Waals surface area contributed by atoms with E-state index in [1.165, 1.54) is 21.6 Å². The monoisotopic (exact) mass is 369 g/mol. The third kappa shape index (κ3) is 7.13. The van der Waals surface area contributed by atoms with E-state index in [1.807, 2.05) is 11.8 Å². The summed E-state index contributed by atoms with van der Waals surface area (Å²) >= 11 is 3.58. The highest BCUT2D eigenvalue weighted by Crippen LogP contribution is 2.25. The molecule has 0 unspecified atom stereocenters. The molecular formula is C22H27NS2. The van der Waals surface area contributed by atoms with Crippen molar-refractivity contribution in [2.45, 2.75) is 39.5 Å². The summed E-state index contributed by atoms with van der Waals surface area (Å²) in [6.45, 7) is 10.9. The summed E-state index contributed by atoms with van der Waals surface area (Å²) in [4.78, 5) is 6.12. The number of hydrogen-bond donors (Lipinski definition) is 0. The van der Waals surface area contributed by atoms with Crippen molar-refractivity contribution in [1.82, 2.24) is 0 Å². The highest BCUT2D eigenvalue weighted by atomic mass is 32.2. The van der Waals surface area contributed by atoms with E-state index in [4.69, 9.17) is 4.99 Å². The lowest BCUT2D eigenvalue weighted by Gasteiger charge is -2.06. The average Bonchev–Trinajstić information content (AvgIpc) is 2.56. The Morgan fingerprint density at radius 3 is 2.32 bits per heavy atom. The van der Waals surface area contributed by atoms with Crippen LogP contribution >= 0.6 is 23.5 Å². The van der Waals surface area contributed by atoms with Gasteiger partial charge in [0.25, 0.3) is 0 Å². The second-order valence-corrected chi connectivity index (χ2v) is 8.67. The predicted octanol–water partition coefficient (Wildman–Crippen LogP) is 7.34. The van der Waals surface area contributed by atoms with Crippen molar-refractivity contribution < 1.29 is 0 Å². The molecule has 0 heterocycles. The molecule has 25 heavy (non-hydrogen) atoms. The topological polar surface area (TPSA) is 12.4 Å². The smallest absolute Gasteiger partial charge is 0.0972 e. The van der Waals surface area contributed by atoms with Crippen LogP contribution in [0.3, 0.4) is 0 Å². The summed E-state index contributed by atoms with van der Waals surface area (Å²) in [5.41, 5.74) is 4.90. The van der Waals surface area contributed by atoms with Gasteiger partial charge < -0.3 is 0 Å². The number of aryl methyl sites for hydroxylation is 3. The highest BCUT2D eigenvalue weighted by Gasteiger charge is 2.02. The molecule has 132 valence electrons. The van der Waals surface area contributed by atoms with Crippen LogP contribution < -0.4 is 0 Å². The van der Waals surface area contributed by atoms with E-state index in [1.54, 1.807) is 11.8 Å². The van der Waals surface area contributed by atoms with Gasteiger partial charge in [-0.25, -0.2) is 4.99 Å². The molecule has 0 aliphatic heterocycles. The van der Waals surface area contributed by atoms with Gasteiger partial charge in [0, 0.05) is 10.6 Å². The number of rotatable bonds is 6. The third-order valence-corrected chi connectivity index (χ3v) is 5.91. The highest BCUT2D eigenvalue weighted by molar-refractivity contribution is 8.14. The van der Waals surface area contributed by atoms with Crippen molar-refractivity contribution in [3.05, 3.63) is 70.6 Å². The molecule has 1 nitrogen and oxygen atoms in total. The van der Waals surface area contributed by atoms with Crippen molar-refractivity contribution in [2.24, 2.45) is 10.9 Å². The first-order valence-electron chi connectivity index (χ1n) is 8.62. The second kappa shape index (κ2) is 9.88. The van der Waals surface area contributed by atoms with Gasteiger partial charge in [0.1, 0.15) is 0 Å². The van der Waals surface area contributed by atoms with Crippen LogP contribution in [-0.2, 0) is 0 Å². The molecule has 0 saturated heterocycles. The molecule has 0 amide bonds. The van der Waals surface area contributed by atoms with E-state index in [0.717, 1.165) is 16.5 Å².